The van der Waals surface area contributed by atoms with Crippen LogP contribution in [0.1, 0.15) is 43.2 Å². The van der Waals surface area contributed by atoms with E-state index in [1.54, 1.807) is 0 Å². The van der Waals surface area contributed by atoms with Gasteiger partial charge in [0.2, 0.25) is 5.91 Å². The van der Waals surface area contributed by atoms with E-state index in [2.05, 4.69) is 10.4 Å². The van der Waals surface area contributed by atoms with Crippen LogP contribution in [0.25, 0.3) is 0 Å². The fourth-order valence-corrected chi connectivity index (χ4v) is 3.46. The van der Waals surface area contributed by atoms with Crippen LogP contribution in [0.5, 0.6) is 0 Å². The smallest absolute Gasteiger partial charge is 0.366 e. The maximum absolute atomic E-state index is 14.1. The minimum atomic E-state index is -6.33. The number of alkyl halides is 10. The number of benzene rings is 2. The average Bonchev–Trinajstić information content (AvgIpc) is 3.24. The van der Waals surface area contributed by atoms with Gasteiger partial charge in [-0.25, -0.2) is 0 Å². The van der Waals surface area contributed by atoms with Gasteiger partial charge in [0.25, 0.3) is 5.91 Å². The fraction of sp³-hybridized carbons (Fsp3) is 0.261. The molecule has 0 saturated carbocycles. The van der Waals surface area contributed by atoms with Crippen LogP contribution in [0, 0.1) is 6.92 Å². The minimum absolute atomic E-state index is 0.0913. The predicted molar refractivity (Wildman–Crippen MR) is 115 cm³/mol. The number of halogens is 10. The highest BCUT2D eigenvalue weighted by Crippen LogP contribution is 2.48. The van der Waals surface area contributed by atoms with Gasteiger partial charge in [0.1, 0.15) is 11.4 Å². The molecule has 0 aliphatic rings. The van der Waals surface area contributed by atoms with Gasteiger partial charge in [-0.3, -0.25) is 14.3 Å². The SMILES string of the molecule is Cc1cc(Cn2nc(C(F)(F)C(F)(F)F)cc2C(F)(F)C(F)(F)F)ccc1NC(=O)c1ccccc1C(N)=O. The first-order valence-corrected chi connectivity index (χ1v) is 10.5. The Kier molecular flexibility index (Phi) is 7.47. The molecule has 39 heavy (non-hydrogen) atoms. The number of amides is 2. The normalized spacial score (nSPS) is 12.9. The lowest BCUT2D eigenvalue weighted by Crippen LogP contribution is -2.36. The number of carbonyl (C=O) groups is 2. The molecule has 0 aliphatic carbocycles. The van der Waals surface area contributed by atoms with Crippen molar-refractivity contribution < 1.29 is 53.5 Å². The number of nitrogens with one attached hydrogen (secondary N) is 1. The number of hydrogen-bond acceptors (Lipinski definition) is 3. The molecule has 0 bridgehead atoms. The number of nitrogens with zero attached hydrogens (tertiary/aromatic N) is 2. The summed E-state index contributed by atoms with van der Waals surface area (Å²) in [6.07, 6.45) is -12.7. The minimum Gasteiger partial charge on any atom is -0.366 e. The van der Waals surface area contributed by atoms with E-state index in [1.807, 2.05) is 0 Å². The Bertz CT molecular complexity index is 1410. The van der Waals surface area contributed by atoms with Crippen LogP contribution in [0.15, 0.2) is 48.5 Å². The van der Waals surface area contributed by atoms with E-state index in [1.165, 1.54) is 37.3 Å². The van der Waals surface area contributed by atoms with Crippen molar-refractivity contribution in [2.24, 2.45) is 5.73 Å². The summed E-state index contributed by atoms with van der Waals surface area (Å²) in [4.78, 5) is 24.2. The number of anilines is 1. The maximum atomic E-state index is 14.1. The number of primary amides is 1. The largest absolute Gasteiger partial charge is 0.459 e. The Hall–Kier alpha value is -4.11. The standard InChI is InChI=1S/C23H16F10N4O2/c1-11-8-12(6-7-15(11)35-19(39)14-5-3-2-4-13(14)18(34)38)10-37-17(21(26,27)23(31,32)33)9-16(36-37)20(24,25)22(28,29)30/h2-9H,10H2,1H3,(H2,34,38)(H,35,39). The third-order valence-electron chi connectivity index (χ3n) is 5.44. The number of nitrogens with two attached hydrogens (primary N) is 1. The number of aromatic nitrogens is 2. The molecule has 3 N–H and O–H groups in total. The quantitative estimate of drug-likeness (QED) is 0.347. The van der Waals surface area contributed by atoms with Crippen molar-refractivity contribution in [1.29, 1.82) is 0 Å². The molecule has 0 spiro atoms. The number of carbonyl (C=O) groups excluding carboxylic acids is 2. The molecule has 3 aromatic rings. The molecule has 0 saturated heterocycles. The van der Waals surface area contributed by atoms with E-state index < -0.39 is 60.0 Å². The second-order valence-corrected chi connectivity index (χ2v) is 8.23. The second-order valence-electron chi connectivity index (χ2n) is 8.23. The summed E-state index contributed by atoms with van der Waals surface area (Å²) in [7, 11) is 0. The van der Waals surface area contributed by atoms with Crippen LogP contribution in [0.3, 0.4) is 0 Å². The molecule has 3 rings (SSSR count). The first-order valence-electron chi connectivity index (χ1n) is 10.5. The van der Waals surface area contributed by atoms with Crippen molar-refractivity contribution >= 4 is 17.5 Å². The second kappa shape index (κ2) is 9.89. The molecule has 0 atom stereocenters. The Labute approximate surface area is 212 Å². The first kappa shape index (κ1) is 29.4. The summed E-state index contributed by atoms with van der Waals surface area (Å²) in [6, 6.07) is 8.26. The summed E-state index contributed by atoms with van der Waals surface area (Å²) < 4.78 is 132. The van der Waals surface area contributed by atoms with Gasteiger partial charge in [-0.1, -0.05) is 24.3 Å². The van der Waals surface area contributed by atoms with Crippen LogP contribution in [-0.4, -0.2) is 33.9 Å². The molecular weight excluding hydrogens is 554 g/mol. The summed E-state index contributed by atoms with van der Waals surface area (Å²) in [6.45, 7) is 0.311. The van der Waals surface area contributed by atoms with Gasteiger partial charge in [-0.2, -0.15) is 49.0 Å². The van der Waals surface area contributed by atoms with Crippen molar-refractivity contribution in [2.45, 2.75) is 37.7 Å². The van der Waals surface area contributed by atoms with Crippen molar-refractivity contribution in [3.05, 3.63) is 82.2 Å². The predicted octanol–water partition coefficient (Wildman–Crippen LogP) is 5.90. The highest BCUT2D eigenvalue weighted by molar-refractivity contribution is 6.12. The average molecular weight is 570 g/mol. The number of rotatable bonds is 7. The van der Waals surface area contributed by atoms with E-state index in [9.17, 15) is 53.5 Å². The molecule has 16 heteroatoms. The van der Waals surface area contributed by atoms with Gasteiger partial charge in [0.15, 0.2) is 0 Å². The summed E-state index contributed by atoms with van der Waals surface area (Å²) in [5, 5.41) is 5.19. The van der Waals surface area contributed by atoms with Gasteiger partial charge in [0.05, 0.1) is 17.7 Å². The molecule has 1 aromatic heterocycles. The van der Waals surface area contributed by atoms with Crippen LogP contribution in [0.4, 0.5) is 49.6 Å². The summed E-state index contributed by atoms with van der Waals surface area (Å²) >= 11 is 0. The van der Waals surface area contributed by atoms with Gasteiger partial charge < -0.3 is 11.1 Å². The van der Waals surface area contributed by atoms with Crippen molar-refractivity contribution in [3.63, 3.8) is 0 Å². The van der Waals surface area contributed by atoms with Crippen LogP contribution in [0.2, 0.25) is 0 Å². The third-order valence-corrected chi connectivity index (χ3v) is 5.44. The molecule has 2 aromatic carbocycles. The van der Waals surface area contributed by atoms with Crippen molar-refractivity contribution in [1.82, 2.24) is 9.78 Å². The fourth-order valence-electron chi connectivity index (χ4n) is 3.46. The van der Waals surface area contributed by atoms with Gasteiger partial charge in [0, 0.05) is 5.69 Å². The van der Waals surface area contributed by atoms with E-state index >= 15 is 0 Å². The lowest BCUT2D eigenvalue weighted by atomic mass is 10.1. The molecule has 210 valence electrons. The van der Waals surface area contributed by atoms with E-state index in [0.717, 1.165) is 12.1 Å². The summed E-state index contributed by atoms with van der Waals surface area (Å²) in [5.41, 5.74) is 0.605. The van der Waals surface area contributed by atoms with E-state index in [4.69, 9.17) is 5.73 Å². The highest BCUT2D eigenvalue weighted by atomic mass is 19.4. The highest BCUT2D eigenvalue weighted by Gasteiger charge is 2.64. The van der Waals surface area contributed by atoms with Crippen LogP contribution < -0.4 is 11.1 Å². The first-order chi connectivity index (χ1) is 17.8. The lowest BCUT2D eigenvalue weighted by Gasteiger charge is -2.20. The van der Waals surface area contributed by atoms with Crippen LogP contribution >= 0.6 is 0 Å². The van der Waals surface area contributed by atoms with E-state index in [-0.39, 0.29) is 32.6 Å². The number of aryl methyl sites for hydroxylation is 1. The van der Waals surface area contributed by atoms with Gasteiger partial charge in [-0.15, -0.1) is 0 Å². The van der Waals surface area contributed by atoms with Gasteiger partial charge in [-0.05, 0) is 42.3 Å². The summed E-state index contributed by atoms with van der Waals surface area (Å²) in [5.74, 6) is -13.3. The van der Waals surface area contributed by atoms with Crippen molar-refractivity contribution in [2.75, 3.05) is 5.32 Å². The zero-order valence-corrected chi connectivity index (χ0v) is 19.4. The van der Waals surface area contributed by atoms with Crippen LogP contribution in [-0.2, 0) is 18.4 Å². The Balaban J connectivity index is 1.97. The molecule has 0 aliphatic heterocycles. The van der Waals surface area contributed by atoms with E-state index in [0.29, 0.717) is 0 Å². The van der Waals surface area contributed by atoms with Crippen molar-refractivity contribution in [3.8, 4) is 0 Å². The Morgan fingerprint density at radius 2 is 1.41 bits per heavy atom. The zero-order valence-electron chi connectivity index (χ0n) is 19.4. The molecule has 0 radical (unpaired) electrons. The Morgan fingerprint density at radius 1 is 0.846 bits per heavy atom. The topological polar surface area (TPSA) is 90.0 Å². The molecule has 0 unspecified atom stereocenters. The molecule has 2 amide bonds. The monoisotopic (exact) mass is 570 g/mol. The zero-order chi connectivity index (χ0) is 29.6. The molecule has 1 heterocycles. The Morgan fingerprint density at radius 3 is 1.92 bits per heavy atom. The number of hydrogen-bond donors (Lipinski definition) is 2. The lowest BCUT2D eigenvalue weighted by molar-refractivity contribution is -0.292. The third kappa shape index (κ3) is 5.68. The molecular formula is C23H16F10N4O2. The van der Waals surface area contributed by atoms with Gasteiger partial charge >= 0.3 is 24.2 Å². The molecule has 6 nitrogen and oxygen atoms in total. The molecule has 0 fully saturated rings. The maximum Gasteiger partial charge on any atom is 0.459 e.